The Labute approximate surface area is 108 Å². The first-order valence-electron chi connectivity index (χ1n) is 6.96. The van der Waals surface area contributed by atoms with Crippen LogP contribution >= 0.6 is 0 Å². The van der Waals surface area contributed by atoms with Crippen LogP contribution in [0.1, 0.15) is 25.7 Å². The summed E-state index contributed by atoms with van der Waals surface area (Å²) in [6.07, 6.45) is 6.57. The SMILES string of the molecule is c1nc(NC2CCNCC2)cc(N2CCCC2)n1. The molecule has 5 nitrogen and oxygen atoms in total. The molecule has 2 saturated heterocycles. The number of nitrogens with zero attached hydrogens (tertiary/aromatic N) is 3. The fourth-order valence-corrected chi connectivity index (χ4v) is 2.72. The van der Waals surface area contributed by atoms with Crippen LogP contribution in [0.5, 0.6) is 0 Å². The second-order valence-corrected chi connectivity index (χ2v) is 5.12. The molecule has 1 aromatic rings. The number of aromatic nitrogens is 2. The third kappa shape index (κ3) is 2.72. The Balaban J connectivity index is 1.66. The molecule has 0 amide bonds. The number of piperidine rings is 1. The molecule has 0 aromatic carbocycles. The van der Waals surface area contributed by atoms with E-state index in [1.165, 1.54) is 25.7 Å². The van der Waals surface area contributed by atoms with Gasteiger partial charge in [0.25, 0.3) is 0 Å². The zero-order chi connectivity index (χ0) is 12.2. The standard InChI is InChI=1S/C13H21N5/c1-2-8-18(7-1)13-9-12(15-10-16-13)17-11-3-5-14-6-4-11/h9-11,14H,1-8H2,(H,15,16,17). The Morgan fingerprint density at radius 2 is 1.94 bits per heavy atom. The van der Waals surface area contributed by atoms with Gasteiger partial charge in [-0.15, -0.1) is 0 Å². The topological polar surface area (TPSA) is 53.1 Å². The number of anilines is 2. The predicted octanol–water partition coefficient (Wildman–Crippen LogP) is 1.24. The highest BCUT2D eigenvalue weighted by Gasteiger charge is 2.16. The van der Waals surface area contributed by atoms with Gasteiger partial charge in [0.1, 0.15) is 18.0 Å². The van der Waals surface area contributed by atoms with Crippen LogP contribution in [0.15, 0.2) is 12.4 Å². The van der Waals surface area contributed by atoms with Crippen molar-refractivity contribution in [2.75, 3.05) is 36.4 Å². The van der Waals surface area contributed by atoms with Gasteiger partial charge in [0.15, 0.2) is 0 Å². The Kier molecular flexibility index (Phi) is 3.59. The van der Waals surface area contributed by atoms with Crippen molar-refractivity contribution in [1.29, 1.82) is 0 Å². The molecule has 3 rings (SSSR count). The molecule has 0 bridgehead atoms. The minimum atomic E-state index is 0.549. The average Bonchev–Trinajstić information content (AvgIpc) is 2.94. The molecule has 0 radical (unpaired) electrons. The lowest BCUT2D eigenvalue weighted by atomic mass is 10.1. The van der Waals surface area contributed by atoms with Crippen molar-refractivity contribution in [1.82, 2.24) is 15.3 Å². The van der Waals surface area contributed by atoms with Crippen LogP contribution in [0, 0.1) is 0 Å². The third-order valence-electron chi connectivity index (χ3n) is 3.77. The molecule has 2 fully saturated rings. The van der Waals surface area contributed by atoms with Crippen molar-refractivity contribution >= 4 is 11.6 Å². The molecule has 98 valence electrons. The molecule has 2 aliphatic rings. The number of hydrogen-bond donors (Lipinski definition) is 2. The van der Waals surface area contributed by atoms with E-state index < -0.39 is 0 Å². The van der Waals surface area contributed by atoms with Crippen LogP contribution in [0.4, 0.5) is 11.6 Å². The Bertz CT molecular complexity index is 383. The van der Waals surface area contributed by atoms with Gasteiger partial charge in [0.2, 0.25) is 0 Å². The lowest BCUT2D eigenvalue weighted by Gasteiger charge is -2.24. The van der Waals surface area contributed by atoms with E-state index in [4.69, 9.17) is 0 Å². The average molecular weight is 247 g/mol. The number of rotatable bonds is 3. The van der Waals surface area contributed by atoms with Crippen molar-refractivity contribution in [3.8, 4) is 0 Å². The lowest BCUT2D eigenvalue weighted by molar-refractivity contribution is 0.478. The molecule has 3 heterocycles. The van der Waals surface area contributed by atoms with E-state index in [-0.39, 0.29) is 0 Å². The molecular weight excluding hydrogens is 226 g/mol. The zero-order valence-electron chi connectivity index (χ0n) is 10.7. The predicted molar refractivity (Wildman–Crippen MR) is 73.0 cm³/mol. The van der Waals surface area contributed by atoms with Gasteiger partial charge in [-0.2, -0.15) is 0 Å². The molecule has 18 heavy (non-hydrogen) atoms. The second kappa shape index (κ2) is 5.52. The normalized spacial score (nSPS) is 21.2. The van der Waals surface area contributed by atoms with E-state index in [0.717, 1.165) is 37.8 Å². The smallest absolute Gasteiger partial charge is 0.134 e. The molecule has 0 aliphatic carbocycles. The van der Waals surface area contributed by atoms with Crippen molar-refractivity contribution in [2.24, 2.45) is 0 Å². The number of hydrogen-bond acceptors (Lipinski definition) is 5. The van der Waals surface area contributed by atoms with Gasteiger partial charge in [0.05, 0.1) is 0 Å². The first-order chi connectivity index (χ1) is 8.92. The van der Waals surface area contributed by atoms with Gasteiger partial charge < -0.3 is 15.5 Å². The monoisotopic (exact) mass is 247 g/mol. The van der Waals surface area contributed by atoms with Crippen LogP contribution in [0.3, 0.4) is 0 Å². The van der Waals surface area contributed by atoms with Crippen LogP contribution in [-0.4, -0.2) is 42.2 Å². The van der Waals surface area contributed by atoms with Gasteiger partial charge >= 0.3 is 0 Å². The highest BCUT2D eigenvalue weighted by Crippen LogP contribution is 2.20. The van der Waals surface area contributed by atoms with E-state index in [9.17, 15) is 0 Å². The third-order valence-corrected chi connectivity index (χ3v) is 3.77. The van der Waals surface area contributed by atoms with E-state index >= 15 is 0 Å². The molecule has 2 N–H and O–H groups in total. The summed E-state index contributed by atoms with van der Waals surface area (Å²) < 4.78 is 0. The molecule has 2 aliphatic heterocycles. The molecule has 1 aromatic heterocycles. The molecule has 5 heteroatoms. The first-order valence-corrected chi connectivity index (χ1v) is 6.96. The molecular formula is C13H21N5. The van der Waals surface area contributed by atoms with Gasteiger partial charge in [-0.1, -0.05) is 0 Å². The van der Waals surface area contributed by atoms with Crippen molar-refractivity contribution in [2.45, 2.75) is 31.7 Å². The molecule has 0 atom stereocenters. The molecule has 0 saturated carbocycles. The summed E-state index contributed by atoms with van der Waals surface area (Å²) in [6.45, 7) is 4.46. The Morgan fingerprint density at radius 1 is 1.17 bits per heavy atom. The van der Waals surface area contributed by atoms with Crippen LogP contribution < -0.4 is 15.5 Å². The summed E-state index contributed by atoms with van der Waals surface area (Å²) in [5.41, 5.74) is 0. The fraction of sp³-hybridized carbons (Fsp3) is 0.692. The lowest BCUT2D eigenvalue weighted by Crippen LogP contribution is -2.35. The Hall–Kier alpha value is -1.36. The summed E-state index contributed by atoms with van der Waals surface area (Å²) in [5, 5.41) is 6.90. The zero-order valence-corrected chi connectivity index (χ0v) is 10.7. The Morgan fingerprint density at radius 3 is 2.72 bits per heavy atom. The summed E-state index contributed by atoms with van der Waals surface area (Å²) in [5.74, 6) is 2.04. The summed E-state index contributed by atoms with van der Waals surface area (Å²) >= 11 is 0. The molecule has 0 spiro atoms. The van der Waals surface area contributed by atoms with E-state index in [0.29, 0.717) is 6.04 Å². The van der Waals surface area contributed by atoms with Crippen molar-refractivity contribution < 1.29 is 0 Å². The van der Waals surface area contributed by atoms with Gasteiger partial charge in [-0.3, -0.25) is 0 Å². The van der Waals surface area contributed by atoms with Crippen LogP contribution in [-0.2, 0) is 0 Å². The minimum absolute atomic E-state index is 0.549. The van der Waals surface area contributed by atoms with Gasteiger partial charge in [-0.05, 0) is 38.8 Å². The summed E-state index contributed by atoms with van der Waals surface area (Å²) in [6, 6.07) is 2.64. The first kappa shape index (κ1) is 11.7. The largest absolute Gasteiger partial charge is 0.367 e. The fourth-order valence-electron chi connectivity index (χ4n) is 2.72. The molecule has 0 unspecified atom stereocenters. The minimum Gasteiger partial charge on any atom is -0.367 e. The van der Waals surface area contributed by atoms with Gasteiger partial charge in [-0.25, -0.2) is 9.97 Å². The maximum Gasteiger partial charge on any atom is 0.134 e. The van der Waals surface area contributed by atoms with Crippen molar-refractivity contribution in [3.63, 3.8) is 0 Å². The van der Waals surface area contributed by atoms with Crippen molar-refractivity contribution in [3.05, 3.63) is 12.4 Å². The van der Waals surface area contributed by atoms with E-state index in [1.807, 2.05) is 0 Å². The van der Waals surface area contributed by atoms with Gasteiger partial charge in [0, 0.05) is 25.2 Å². The highest BCUT2D eigenvalue weighted by molar-refractivity contribution is 5.49. The summed E-state index contributed by atoms with van der Waals surface area (Å²) in [7, 11) is 0. The van der Waals surface area contributed by atoms with E-state index in [2.05, 4.69) is 31.6 Å². The number of nitrogens with one attached hydrogen (secondary N) is 2. The highest BCUT2D eigenvalue weighted by atomic mass is 15.2. The summed E-state index contributed by atoms with van der Waals surface area (Å²) in [4.78, 5) is 11.1. The van der Waals surface area contributed by atoms with Crippen LogP contribution in [0.2, 0.25) is 0 Å². The quantitative estimate of drug-likeness (QED) is 0.841. The maximum atomic E-state index is 4.38. The van der Waals surface area contributed by atoms with E-state index in [1.54, 1.807) is 6.33 Å². The van der Waals surface area contributed by atoms with Crippen LogP contribution in [0.25, 0.3) is 0 Å². The maximum absolute atomic E-state index is 4.38. The second-order valence-electron chi connectivity index (χ2n) is 5.12.